The van der Waals surface area contributed by atoms with Gasteiger partial charge in [-0.1, -0.05) is 18.2 Å². The summed E-state index contributed by atoms with van der Waals surface area (Å²) in [5.41, 5.74) is 1.13. The Labute approximate surface area is 145 Å². The smallest absolute Gasteiger partial charge is 0.242 e. The Kier molecular flexibility index (Phi) is 4.65. The van der Waals surface area contributed by atoms with E-state index in [1.165, 1.54) is 30.8 Å². The quantitative estimate of drug-likeness (QED) is 0.757. The van der Waals surface area contributed by atoms with Crippen LogP contribution in [-0.2, 0) is 16.6 Å². The van der Waals surface area contributed by atoms with E-state index >= 15 is 0 Å². The maximum absolute atomic E-state index is 13.8. The second-order valence-corrected chi connectivity index (χ2v) is 7.80. The minimum Gasteiger partial charge on any atom is -0.365 e. The van der Waals surface area contributed by atoms with Gasteiger partial charge in [0.25, 0.3) is 0 Å². The molecule has 3 aromatic rings. The lowest BCUT2D eigenvalue weighted by Gasteiger charge is -2.12. The van der Waals surface area contributed by atoms with Crippen molar-refractivity contribution in [2.45, 2.75) is 11.4 Å². The van der Waals surface area contributed by atoms with Crippen LogP contribution in [0.15, 0.2) is 53.7 Å². The molecule has 0 fully saturated rings. The number of rotatable bonds is 5. The van der Waals surface area contributed by atoms with Gasteiger partial charge in [-0.2, -0.15) is 0 Å². The molecule has 8 heteroatoms. The summed E-state index contributed by atoms with van der Waals surface area (Å²) in [5.74, 6) is 0.121. The second kappa shape index (κ2) is 6.73. The Morgan fingerprint density at radius 1 is 1.08 bits per heavy atom. The number of hydrogen-bond acceptors (Lipinski definition) is 5. The maximum Gasteiger partial charge on any atom is 0.242 e. The first-order valence-electron chi connectivity index (χ1n) is 7.54. The van der Waals surface area contributed by atoms with Gasteiger partial charge in [-0.3, -0.25) is 0 Å². The molecule has 0 spiro atoms. The van der Waals surface area contributed by atoms with Gasteiger partial charge >= 0.3 is 0 Å². The lowest BCUT2D eigenvalue weighted by Crippen LogP contribution is -2.22. The van der Waals surface area contributed by atoms with Crippen LogP contribution in [0.5, 0.6) is 0 Å². The molecule has 0 saturated heterocycles. The first kappa shape index (κ1) is 17.2. The fraction of sp³-hybridized carbons (Fsp3) is 0.176. The van der Waals surface area contributed by atoms with E-state index in [-0.39, 0.29) is 10.4 Å². The highest BCUT2D eigenvalue weighted by Crippen LogP contribution is 2.22. The van der Waals surface area contributed by atoms with E-state index in [2.05, 4.69) is 15.3 Å². The van der Waals surface area contributed by atoms with Crippen LogP contribution in [0, 0.1) is 5.82 Å². The Balaban J connectivity index is 1.80. The minimum absolute atomic E-state index is 0.232. The highest BCUT2D eigenvalue weighted by molar-refractivity contribution is 7.89. The Morgan fingerprint density at radius 2 is 1.80 bits per heavy atom. The summed E-state index contributed by atoms with van der Waals surface area (Å²) in [4.78, 5) is 8.34. The topological polar surface area (TPSA) is 75.2 Å². The Morgan fingerprint density at radius 3 is 2.48 bits per heavy atom. The fourth-order valence-electron chi connectivity index (χ4n) is 2.37. The molecular formula is C17H17FN4O2S. The predicted molar refractivity (Wildman–Crippen MR) is 94.1 cm³/mol. The second-order valence-electron chi connectivity index (χ2n) is 5.64. The molecule has 0 saturated carbocycles. The van der Waals surface area contributed by atoms with Gasteiger partial charge in [0.05, 0.1) is 4.90 Å². The van der Waals surface area contributed by atoms with E-state index < -0.39 is 15.8 Å². The van der Waals surface area contributed by atoms with Crippen LogP contribution in [0.3, 0.4) is 0 Å². The van der Waals surface area contributed by atoms with Crippen molar-refractivity contribution < 1.29 is 12.8 Å². The van der Waals surface area contributed by atoms with Gasteiger partial charge in [0.15, 0.2) is 0 Å². The molecule has 3 rings (SSSR count). The summed E-state index contributed by atoms with van der Waals surface area (Å²) in [5, 5.41) is 3.73. The van der Waals surface area contributed by atoms with Crippen molar-refractivity contribution in [3.05, 3.63) is 60.2 Å². The van der Waals surface area contributed by atoms with Crippen LogP contribution in [0.1, 0.15) is 5.56 Å². The first-order chi connectivity index (χ1) is 11.9. The minimum atomic E-state index is -3.44. The lowest BCUT2D eigenvalue weighted by atomic mass is 10.2. The molecule has 0 bridgehead atoms. The number of hydrogen-bond donors (Lipinski definition) is 1. The molecule has 0 amide bonds. The van der Waals surface area contributed by atoms with E-state index in [1.54, 1.807) is 36.4 Å². The van der Waals surface area contributed by atoms with E-state index in [0.717, 1.165) is 5.56 Å². The molecule has 0 radical (unpaired) electrons. The van der Waals surface area contributed by atoms with Crippen LogP contribution < -0.4 is 5.32 Å². The van der Waals surface area contributed by atoms with Crippen molar-refractivity contribution in [2.75, 3.05) is 19.4 Å². The molecule has 1 aromatic heterocycles. The number of sulfonamides is 1. The number of nitrogens with one attached hydrogen (secondary N) is 1. The third-order valence-corrected chi connectivity index (χ3v) is 5.61. The van der Waals surface area contributed by atoms with Crippen molar-refractivity contribution in [3.63, 3.8) is 0 Å². The van der Waals surface area contributed by atoms with Gasteiger partial charge in [-0.25, -0.2) is 27.1 Å². The monoisotopic (exact) mass is 360 g/mol. The average molecular weight is 360 g/mol. The third-order valence-electron chi connectivity index (χ3n) is 3.78. The zero-order valence-corrected chi connectivity index (χ0v) is 14.6. The molecule has 0 unspecified atom stereocenters. The zero-order chi connectivity index (χ0) is 18.0. The summed E-state index contributed by atoms with van der Waals surface area (Å²) in [6.45, 7) is 0.422. The zero-order valence-electron chi connectivity index (χ0n) is 13.8. The third kappa shape index (κ3) is 3.45. The molecule has 0 aliphatic heterocycles. The molecule has 1 N–H and O–H groups in total. The predicted octanol–water partition coefficient (Wildman–Crippen LogP) is 2.63. The number of para-hydroxylation sites is 1. The fourth-order valence-corrected chi connectivity index (χ4v) is 3.27. The standard InChI is InChI=1S/C17H17FN4O2S/c1-22(2)25(23,24)13-8-6-12(7-9-13)10-19-17-14-4-3-5-15(18)16(14)20-11-21-17/h3-9,11H,10H2,1-2H3,(H,19,20,21). The van der Waals surface area contributed by atoms with Gasteiger partial charge in [0.1, 0.15) is 23.5 Å². The largest absolute Gasteiger partial charge is 0.365 e. The summed E-state index contributed by atoms with van der Waals surface area (Å²) in [6, 6.07) is 11.3. The highest BCUT2D eigenvalue weighted by atomic mass is 32.2. The molecule has 6 nitrogen and oxygen atoms in total. The molecule has 2 aromatic carbocycles. The molecule has 0 atom stereocenters. The average Bonchev–Trinajstić information content (AvgIpc) is 2.60. The molecule has 25 heavy (non-hydrogen) atoms. The Hall–Kier alpha value is -2.58. The van der Waals surface area contributed by atoms with E-state index in [4.69, 9.17) is 0 Å². The van der Waals surface area contributed by atoms with Crippen molar-refractivity contribution in [3.8, 4) is 0 Å². The number of fused-ring (bicyclic) bond motifs is 1. The summed E-state index contributed by atoms with van der Waals surface area (Å²) >= 11 is 0. The van der Waals surface area contributed by atoms with E-state index in [9.17, 15) is 12.8 Å². The van der Waals surface area contributed by atoms with Crippen molar-refractivity contribution >= 4 is 26.7 Å². The summed E-state index contributed by atoms with van der Waals surface area (Å²) in [6.07, 6.45) is 1.31. The van der Waals surface area contributed by atoms with Crippen LogP contribution in [-0.4, -0.2) is 36.8 Å². The summed E-state index contributed by atoms with van der Waals surface area (Å²) in [7, 11) is -0.463. The van der Waals surface area contributed by atoms with Gasteiger partial charge < -0.3 is 5.32 Å². The van der Waals surface area contributed by atoms with Gasteiger partial charge in [0, 0.05) is 26.0 Å². The van der Waals surface area contributed by atoms with Crippen LogP contribution in [0.4, 0.5) is 10.2 Å². The summed E-state index contributed by atoms with van der Waals surface area (Å²) < 4.78 is 39.1. The van der Waals surface area contributed by atoms with Crippen molar-refractivity contribution in [1.29, 1.82) is 0 Å². The normalized spacial score (nSPS) is 11.8. The maximum atomic E-state index is 13.8. The number of benzene rings is 2. The number of aromatic nitrogens is 2. The van der Waals surface area contributed by atoms with Gasteiger partial charge in [-0.15, -0.1) is 0 Å². The van der Waals surface area contributed by atoms with Crippen molar-refractivity contribution in [1.82, 2.24) is 14.3 Å². The number of halogens is 1. The molecule has 0 aliphatic rings. The Bertz CT molecular complexity index is 1000. The lowest BCUT2D eigenvalue weighted by molar-refractivity contribution is 0.520. The van der Waals surface area contributed by atoms with Crippen LogP contribution in [0.25, 0.3) is 10.9 Å². The SMILES string of the molecule is CN(C)S(=O)(=O)c1ccc(CNc2ncnc3c(F)cccc23)cc1. The van der Waals surface area contributed by atoms with Gasteiger partial charge in [-0.05, 0) is 29.8 Å². The first-order valence-corrected chi connectivity index (χ1v) is 8.98. The van der Waals surface area contributed by atoms with Gasteiger partial charge in [0.2, 0.25) is 10.0 Å². The van der Waals surface area contributed by atoms with E-state index in [0.29, 0.717) is 17.7 Å². The molecule has 130 valence electrons. The van der Waals surface area contributed by atoms with Crippen LogP contribution in [0.2, 0.25) is 0 Å². The molecule has 1 heterocycles. The number of anilines is 1. The molecular weight excluding hydrogens is 343 g/mol. The molecule has 0 aliphatic carbocycles. The van der Waals surface area contributed by atoms with E-state index in [1.807, 2.05) is 0 Å². The number of nitrogens with zero attached hydrogens (tertiary/aromatic N) is 3. The highest BCUT2D eigenvalue weighted by Gasteiger charge is 2.16. The van der Waals surface area contributed by atoms with Crippen molar-refractivity contribution in [2.24, 2.45) is 0 Å². The van der Waals surface area contributed by atoms with Crippen LogP contribution >= 0.6 is 0 Å².